The second-order valence-electron chi connectivity index (χ2n) is 2.81. The van der Waals surface area contributed by atoms with E-state index in [1.165, 1.54) is 0 Å². The Morgan fingerprint density at radius 3 is 2.79 bits per heavy atom. The Balaban J connectivity index is 3.59. The van der Waals surface area contributed by atoms with E-state index in [9.17, 15) is 9.35 Å². The Morgan fingerprint density at radius 1 is 1.79 bits per heavy atom. The summed E-state index contributed by atoms with van der Waals surface area (Å²) in [4.78, 5) is 10.3. The molecule has 0 aliphatic rings. The Labute approximate surface area is 85.6 Å². The van der Waals surface area contributed by atoms with Crippen LogP contribution in [0.4, 0.5) is 0 Å². The van der Waals surface area contributed by atoms with Gasteiger partial charge in [0.1, 0.15) is 17.5 Å². The summed E-state index contributed by atoms with van der Waals surface area (Å²) in [7, 11) is 0. The maximum Gasteiger partial charge on any atom is 0.325 e. The SMILES string of the molecule is CC(=N)NCC[S+]([O-])CC(N)C(=O)O. The van der Waals surface area contributed by atoms with Gasteiger partial charge in [0.15, 0.2) is 0 Å². The summed E-state index contributed by atoms with van der Waals surface area (Å²) >= 11 is -1.25. The number of amidine groups is 1. The van der Waals surface area contributed by atoms with Gasteiger partial charge in [0, 0.05) is 0 Å². The number of rotatable bonds is 6. The van der Waals surface area contributed by atoms with E-state index in [0.717, 1.165) is 0 Å². The second kappa shape index (κ2) is 6.63. The third-order valence-electron chi connectivity index (χ3n) is 1.40. The van der Waals surface area contributed by atoms with Crippen LogP contribution in [0.3, 0.4) is 0 Å². The summed E-state index contributed by atoms with van der Waals surface area (Å²) in [6.45, 7) is 1.97. The van der Waals surface area contributed by atoms with Gasteiger partial charge < -0.3 is 20.7 Å². The van der Waals surface area contributed by atoms with Crippen molar-refractivity contribution in [3.63, 3.8) is 0 Å². The molecular weight excluding hydrogens is 206 g/mol. The van der Waals surface area contributed by atoms with Crippen molar-refractivity contribution >= 4 is 23.0 Å². The maximum absolute atomic E-state index is 11.2. The molecule has 0 aliphatic carbocycles. The van der Waals surface area contributed by atoms with E-state index in [1.54, 1.807) is 6.92 Å². The van der Waals surface area contributed by atoms with Crippen LogP contribution in [0.5, 0.6) is 0 Å². The molecular formula is C7H15N3O3S. The van der Waals surface area contributed by atoms with Crippen LogP contribution in [0.15, 0.2) is 0 Å². The monoisotopic (exact) mass is 221 g/mol. The highest BCUT2D eigenvalue weighted by Gasteiger charge is 2.18. The molecule has 0 spiro atoms. The van der Waals surface area contributed by atoms with Gasteiger partial charge in [0.2, 0.25) is 0 Å². The van der Waals surface area contributed by atoms with Gasteiger partial charge in [-0.3, -0.25) is 10.2 Å². The summed E-state index contributed by atoms with van der Waals surface area (Å²) in [6, 6.07) is -1.07. The molecule has 0 aliphatic heterocycles. The standard InChI is InChI=1S/C7H15N3O3S/c1-5(8)10-2-3-14(13)4-6(9)7(11)12/h6H,2-4,9H2,1H3,(H2,8,10)(H,11,12). The van der Waals surface area contributed by atoms with Crippen LogP contribution in [0.2, 0.25) is 0 Å². The molecule has 0 heterocycles. The number of hydrogen-bond donors (Lipinski definition) is 4. The fourth-order valence-corrected chi connectivity index (χ4v) is 1.75. The highest BCUT2D eigenvalue weighted by molar-refractivity contribution is 7.91. The van der Waals surface area contributed by atoms with Crippen LogP contribution in [-0.4, -0.2) is 45.6 Å². The van der Waals surface area contributed by atoms with Crippen molar-refractivity contribution < 1.29 is 14.5 Å². The molecule has 0 saturated heterocycles. The number of nitrogens with one attached hydrogen (secondary N) is 2. The lowest BCUT2D eigenvalue weighted by Crippen LogP contribution is -2.39. The first kappa shape index (κ1) is 13.2. The topological polar surface area (TPSA) is 122 Å². The molecule has 0 radical (unpaired) electrons. The lowest BCUT2D eigenvalue weighted by atomic mass is 10.4. The highest BCUT2D eigenvalue weighted by Crippen LogP contribution is 1.93. The summed E-state index contributed by atoms with van der Waals surface area (Å²) < 4.78 is 11.2. The number of carbonyl (C=O) groups is 1. The van der Waals surface area contributed by atoms with Crippen molar-refractivity contribution in [1.82, 2.24) is 5.32 Å². The average Bonchev–Trinajstić information content (AvgIpc) is 2.02. The first-order valence-electron chi connectivity index (χ1n) is 4.06. The van der Waals surface area contributed by atoms with Gasteiger partial charge >= 0.3 is 5.97 Å². The van der Waals surface area contributed by atoms with E-state index in [1.807, 2.05) is 0 Å². The molecule has 6 nitrogen and oxygen atoms in total. The van der Waals surface area contributed by atoms with Gasteiger partial charge in [-0.05, 0) is 18.1 Å². The van der Waals surface area contributed by atoms with Crippen molar-refractivity contribution in [3.8, 4) is 0 Å². The summed E-state index contributed by atoms with van der Waals surface area (Å²) in [5.74, 6) is -0.593. The molecule has 0 aromatic rings. The molecule has 0 amide bonds. The minimum Gasteiger partial charge on any atom is -0.616 e. The van der Waals surface area contributed by atoms with Crippen LogP contribution in [0, 0.1) is 5.41 Å². The molecule has 2 unspecified atom stereocenters. The summed E-state index contributed by atoms with van der Waals surface area (Å²) in [5.41, 5.74) is 5.19. The van der Waals surface area contributed by atoms with Crippen molar-refractivity contribution in [2.75, 3.05) is 18.1 Å². The number of aliphatic carboxylic acids is 1. The molecule has 0 aromatic carbocycles. The Hall–Kier alpha value is -0.790. The predicted octanol–water partition coefficient (Wildman–Crippen LogP) is -1.27. The molecule has 0 fully saturated rings. The zero-order valence-corrected chi connectivity index (χ0v) is 8.76. The van der Waals surface area contributed by atoms with Crippen LogP contribution in [-0.2, 0) is 16.0 Å². The Kier molecular flexibility index (Phi) is 6.26. The van der Waals surface area contributed by atoms with Crippen LogP contribution >= 0.6 is 0 Å². The summed E-state index contributed by atoms with van der Waals surface area (Å²) in [5, 5.41) is 18.1. The van der Waals surface area contributed by atoms with Gasteiger partial charge in [-0.1, -0.05) is 0 Å². The fourth-order valence-electron chi connectivity index (χ4n) is 0.707. The van der Waals surface area contributed by atoms with Gasteiger partial charge in [-0.15, -0.1) is 0 Å². The van der Waals surface area contributed by atoms with Gasteiger partial charge in [-0.25, -0.2) is 0 Å². The van der Waals surface area contributed by atoms with Gasteiger partial charge in [0.25, 0.3) is 0 Å². The van der Waals surface area contributed by atoms with E-state index < -0.39 is 23.2 Å². The highest BCUT2D eigenvalue weighted by atomic mass is 32.2. The van der Waals surface area contributed by atoms with Crippen LogP contribution in [0.1, 0.15) is 6.92 Å². The molecule has 7 heteroatoms. The molecule has 0 bridgehead atoms. The largest absolute Gasteiger partial charge is 0.616 e. The third-order valence-corrected chi connectivity index (χ3v) is 2.79. The van der Waals surface area contributed by atoms with E-state index >= 15 is 0 Å². The lowest BCUT2D eigenvalue weighted by Gasteiger charge is -2.13. The van der Waals surface area contributed by atoms with E-state index in [4.69, 9.17) is 16.2 Å². The lowest BCUT2D eigenvalue weighted by molar-refractivity contribution is -0.137. The molecule has 82 valence electrons. The van der Waals surface area contributed by atoms with Crippen molar-refractivity contribution in [2.24, 2.45) is 5.73 Å². The van der Waals surface area contributed by atoms with Crippen LogP contribution in [0.25, 0.3) is 0 Å². The normalized spacial score (nSPS) is 14.5. The van der Waals surface area contributed by atoms with Crippen molar-refractivity contribution in [3.05, 3.63) is 0 Å². The predicted molar refractivity (Wildman–Crippen MR) is 54.9 cm³/mol. The number of carboxylic acids is 1. The quantitative estimate of drug-likeness (QED) is 0.253. The smallest absolute Gasteiger partial charge is 0.325 e. The molecule has 14 heavy (non-hydrogen) atoms. The molecule has 0 aromatic heterocycles. The zero-order valence-electron chi connectivity index (χ0n) is 7.95. The third kappa shape index (κ3) is 6.70. The van der Waals surface area contributed by atoms with E-state index in [2.05, 4.69) is 5.32 Å². The van der Waals surface area contributed by atoms with Crippen molar-refractivity contribution in [1.29, 1.82) is 5.41 Å². The first-order valence-corrected chi connectivity index (χ1v) is 5.54. The second-order valence-corrected chi connectivity index (χ2v) is 4.43. The minimum atomic E-state index is -1.25. The average molecular weight is 221 g/mol. The Bertz CT molecular complexity index is 212. The van der Waals surface area contributed by atoms with Gasteiger partial charge in [-0.2, -0.15) is 0 Å². The number of nitrogens with two attached hydrogens (primary N) is 1. The zero-order chi connectivity index (χ0) is 11.1. The van der Waals surface area contributed by atoms with Gasteiger partial charge in [0.05, 0.1) is 12.4 Å². The van der Waals surface area contributed by atoms with Crippen LogP contribution < -0.4 is 11.1 Å². The fraction of sp³-hybridized carbons (Fsp3) is 0.714. The molecule has 0 rings (SSSR count). The number of carboxylic acid groups (broad SMARTS) is 1. The Morgan fingerprint density at radius 2 is 2.36 bits per heavy atom. The maximum atomic E-state index is 11.2. The molecule has 5 N–H and O–H groups in total. The van der Waals surface area contributed by atoms with Crippen molar-refractivity contribution in [2.45, 2.75) is 13.0 Å². The van der Waals surface area contributed by atoms with E-state index in [-0.39, 0.29) is 5.75 Å². The minimum absolute atomic E-state index is 0.0476. The summed E-state index contributed by atoms with van der Waals surface area (Å²) in [6.07, 6.45) is 0. The number of hydrogen-bond acceptors (Lipinski definition) is 4. The first-order chi connectivity index (χ1) is 6.43. The van der Waals surface area contributed by atoms with E-state index in [0.29, 0.717) is 18.1 Å². The molecule has 2 atom stereocenters. The molecule has 0 saturated carbocycles.